The number of nitrogens with zero attached hydrogens (tertiary/aromatic N) is 3. The van der Waals surface area contributed by atoms with Crippen molar-refractivity contribution in [2.45, 2.75) is 36.8 Å². The second-order valence-electron chi connectivity index (χ2n) is 8.69. The van der Waals surface area contributed by atoms with Gasteiger partial charge in [0.15, 0.2) is 0 Å². The maximum atomic E-state index is 13.7. The SMILES string of the molecule is Cc1ccccc1CSc1nc2n(n1)[C@@H](c1ccc(F)cc1)[C@@H](C(=O)Nc1ccccc1)[C@@H](C)N2. The molecule has 8 heteroatoms. The van der Waals surface area contributed by atoms with Crippen LogP contribution in [0.5, 0.6) is 0 Å². The lowest BCUT2D eigenvalue weighted by Gasteiger charge is -2.36. The van der Waals surface area contributed by atoms with Crippen molar-refractivity contribution < 1.29 is 9.18 Å². The number of fused-ring (bicyclic) bond motifs is 1. The quantitative estimate of drug-likeness (QED) is 0.343. The van der Waals surface area contributed by atoms with E-state index in [9.17, 15) is 9.18 Å². The molecule has 0 fully saturated rings. The van der Waals surface area contributed by atoms with E-state index in [2.05, 4.69) is 29.7 Å². The van der Waals surface area contributed by atoms with E-state index < -0.39 is 12.0 Å². The van der Waals surface area contributed by atoms with Crippen LogP contribution >= 0.6 is 11.8 Å². The van der Waals surface area contributed by atoms with Crippen LogP contribution in [0.4, 0.5) is 16.0 Å². The number of thioether (sulfide) groups is 1. The highest BCUT2D eigenvalue weighted by Gasteiger charge is 2.42. The molecule has 0 saturated carbocycles. The van der Waals surface area contributed by atoms with Crippen LogP contribution < -0.4 is 10.6 Å². The summed E-state index contributed by atoms with van der Waals surface area (Å²) in [6, 6.07) is 23.2. The first-order valence-corrected chi connectivity index (χ1v) is 12.5. The van der Waals surface area contributed by atoms with Crippen molar-refractivity contribution in [2.75, 3.05) is 10.6 Å². The van der Waals surface area contributed by atoms with Gasteiger partial charge in [-0.25, -0.2) is 9.07 Å². The molecular formula is C27H26FN5OS. The van der Waals surface area contributed by atoms with Crippen molar-refractivity contribution in [3.8, 4) is 0 Å². The number of hydrogen-bond donors (Lipinski definition) is 2. The van der Waals surface area contributed by atoms with Gasteiger partial charge >= 0.3 is 0 Å². The van der Waals surface area contributed by atoms with Gasteiger partial charge in [-0.05, 0) is 54.8 Å². The second-order valence-corrected chi connectivity index (χ2v) is 9.63. The number of halogens is 1. The van der Waals surface area contributed by atoms with Crippen LogP contribution in [0, 0.1) is 18.7 Å². The molecule has 2 heterocycles. The van der Waals surface area contributed by atoms with Crippen LogP contribution in [-0.4, -0.2) is 26.7 Å². The second kappa shape index (κ2) is 9.92. The van der Waals surface area contributed by atoms with Crippen LogP contribution in [0.3, 0.4) is 0 Å². The maximum absolute atomic E-state index is 13.7. The molecule has 0 spiro atoms. The Hall–Kier alpha value is -3.65. The molecule has 1 aromatic heterocycles. The minimum Gasteiger partial charge on any atom is -0.351 e. The van der Waals surface area contributed by atoms with Crippen molar-refractivity contribution in [1.29, 1.82) is 0 Å². The van der Waals surface area contributed by atoms with Crippen LogP contribution in [0.2, 0.25) is 0 Å². The summed E-state index contributed by atoms with van der Waals surface area (Å²) in [5.74, 6) is 0.382. The number of rotatable bonds is 6. The Morgan fingerprint density at radius 1 is 1.06 bits per heavy atom. The zero-order valence-electron chi connectivity index (χ0n) is 19.5. The summed E-state index contributed by atoms with van der Waals surface area (Å²) >= 11 is 1.55. The summed E-state index contributed by atoms with van der Waals surface area (Å²) in [6.45, 7) is 4.05. The van der Waals surface area contributed by atoms with Crippen LogP contribution in [-0.2, 0) is 10.5 Å². The lowest BCUT2D eigenvalue weighted by Crippen LogP contribution is -2.46. The molecule has 0 aliphatic carbocycles. The third-order valence-corrected chi connectivity index (χ3v) is 7.17. The van der Waals surface area contributed by atoms with Crippen LogP contribution in [0.15, 0.2) is 84.0 Å². The number of aryl methyl sites for hydroxylation is 1. The fourth-order valence-electron chi connectivity index (χ4n) is 4.42. The predicted molar refractivity (Wildman–Crippen MR) is 137 cm³/mol. The largest absolute Gasteiger partial charge is 0.351 e. The molecule has 0 saturated heterocycles. The molecule has 35 heavy (non-hydrogen) atoms. The molecule has 3 atom stereocenters. The molecule has 5 rings (SSSR count). The van der Waals surface area contributed by atoms with E-state index in [1.807, 2.05) is 49.4 Å². The van der Waals surface area contributed by atoms with Crippen molar-refractivity contribution in [3.63, 3.8) is 0 Å². The van der Waals surface area contributed by atoms with Gasteiger partial charge in [0.05, 0.1) is 12.0 Å². The first kappa shape index (κ1) is 23.1. The normalized spacial score (nSPS) is 19.0. The Morgan fingerprint density at radius 2 is 1.77 bits per heavy atom. The number of anilines is 2. The van der Waals surface area contributed by atoms with Gasteiger partial charge in [-0.3, -0.25) is 4.79 Å². The van der Waals surface area contributed by atoms with E-state index in [0.717, 1.165) is 17.0 Å². The molecule has 0 radical (unpaired) electrons. The lowest BCUT2D eigenvalue weighted by molar-refractivity contribution is -0.121. The third kappa shape index (κ3) is 4.93. The standard InChI is InChI=1S/C27H26FN5OS/c1-17-8-6-7-9-20(17)16-35-27-31-26-29-18(2)23(25(34)30-22-10-4-3-5-11-22)24(33(26)32-27)19-12-14-21(28)15-13-19/h3-15,18,23-24H,16H2,1-2H3,(H,30,34)(H,29,31,32)/t18-,23+,24+/m1/s1. The van der Waals surface area contributed by atoms with E-state index >= 15 is 0 Å². The van der Waals surface area contributed by atoms with Gasteiger partial charge in [0.1, 0.15) is 5.82 Å². The first-order valence-electron chi connectivity index (χ1n) is 11.5. The van der Waals surface area contributed by atoms with Crippen molar-refractivity contribution in [2.24, 2.45) is 5.92 Å². The van der Waals surface area contributed by atoms with E-state index in [0.29, 0.717) is 11.1 Å². The monoisotopic (exact) mass is 487 g/mol. The zero-order chi connectivity index (χ0) is 24.4. The van der Waals surface area contributed by atoms with E-state index in [4.69, 9.17) is 10.1 Å². The fraction of sp³-hybridized carbons (Fsp3) is 0.222. The van der Waals surface area contributed by atoms with Gasteiger partial charge in [0.2, 0.25) is 17.0 Å². The van der Waals surface area contributed by atoms with Gasteiger partial charge < -0.3 is 10.6 Å². The molecule has 0 unspecified atom stereocenters. The highest BCUT2D eigenvalue weighted by Crippen LogP contribution is 2.38. The maximum Gasteiger partial charge on any atom is 0.232 e. The van der Waals surface area contributed by atoms with Crippen LogP contribution in [0.25, 0.3) is 0 Å². The first-order chi connectivity index (χ1) is 17.0. The molecule has 1 amide bonds. The zero-order valence-corrected chi connectivity index (χ0v) is 20.3. The van der Waals surface area contributed by atoms with Crippen molar-refractivity contribution in [1.82, 2.24) is 14.8 Å². The minimum absolute atomic E-state index is 0.138. The van der Waals surface area contributed by atoms with E-state index in [1.165, 1.54) is 23.3 Å². The van der Waals surface area contributed by atoms with Gasteiger partial charge in [-0.15, -0.1) is 5.10 Å². The summed E-state index contributed by atoms with van der Waals surface area (Å²) in [4.78, 5) is 18.2. The summed E-state index contributed by atoms with van der Waals surface area (Å²) in [5, 5.41) is 11.8. The highest BCUT2D eigenvalue weighted by molar-refractivity contribution is 7.98. The Bertz CT molecular complexity index is 1330. The Balaban J connectivity index is 1.48. The van der Waals surface area contributed by atoms with Crippen LogP contribution in [0.1, 0.15) is 29.7 Å². The number of nitrogens with one attached hydrogen (secondary N) is 2. The molecule has 3 aromatic carbocycles. The summed E-state index contributed by atoms with van der Waals surface area (Å²) in [7, 11) is 0. The molecule has 4 aromatic rings. The molecule has 6 nitrogen and oxygen atoms in total. The number of carbonyl (C=O) groups excluding carboxylic acids is 1. The molecule has 2 N–H and O–H groups in total. The van der Waals surface area contributed by atoms with Gasteiger partial charge in [0, 0.05) is 17.5 Å². The number of para-hydroxylation sites is 1. The van der Waals surface area contributed by atoms with E-state index in [-0.39, 0.29) is 17.8 Å². The fourth-order valence-corrected chi connectivity index (χ4v) is 5.32. The van der Waals surface area contributed by atoms with Gasteiger partial charge in [-0.1, -0.05) is 66.4 Å². The van der Waals surface area contributed by atoms with Gasteiger partial charge in [0.25, 0.3) is 0 Å². The predicted octanol–water partition coefficient (Wildman–Crippen LogP) is 5.68. The molecule has 0 bridgehead atoms. The Morgan fingerprint density at radius 3 is 2.51 bits per heavy atom. The average Bonchev–Trinajstić information content (AvgIpc) is 3.26. The molecule has 1 aliphatic rings. The minimum atomic E-state index is -0.496. The number of hydrogen-bond acceptors (Lipinski definition) is 5. The third-order valence-electron chi connectivity index (χ3n) is 6.28. The number of amides is 1. The van der Waals surface area contributed by atoms with E-state index in [1.54, 1.807) is 28.6 Å². The number of benzene rings is 3. The Labute approximate surface area is 208 Å². The molecular weight excluding hydrogens is 461 g/mol. The highest BCUT2D eigenvalue weighted by atomic mass is 32.2. The smallest absolute Gasteiger partial charge is 0.232 e. The molecule has 178 valence electrons. The van der Waals surface area contributed by atoms with Gasteiger partial charge in [-0.2, -0.15) is 4.98 Å². The average molecular weight is 488 g/mol. The van der Waals surface area contributed by atoms with Crippen molar-refractivity contribution in [3.05, 3.63) is 101 Å². The number of carbonyl (C=O) groups is 1. The number of aromatic nitrogens is 3. The lowest BCUT2D eigenvalue weighted by atomic mass is 9.85. The molecule has 1 aliphatic heterocycles. The topological polar surface area (TPSA) is 71.8 Å². The summed E-state index contributed by atoms with van der Waals surface area (Å²) in [5.41, 5.74) is 3.97. The van der Waals surface area contributed by atoms with Crippen molar-refractivity contribution >= 4 is 29.3 Å². The summed E-state index contributed by atoms with van der Waals surface area (Å²) < 4.78 is 15.5. The summed E-state index contributed by atoms with van der Waals surface area (Å²) in [6.07, 6.45) is 0. The Kier molecular flexibility index (Phi) is 6.55.